The number of nitrogens with one attached hydrogen (secondary N) is 1. The van der Waals surface area contributed by atoms with E-state index in [2.05, 4.69) is 26.1 Å². The molecule has 0 spiro atoms. The van der Waals surface area contributed by atoms with Crippen molar-refractivity contribution in [1.82, 2.24) is 15.1 Å². The van der Waals surface area contributed by atoms with Crippen molar-refractivity contribution in [3.8, 4) is 17.0 Å². The lowest BCUT2D eigenvalue weighted by Crippen LogP contribution is -2.31. The van der Waals surface area contributed by atoms with Crippen LogP contribution in [0, 0.1) is 0 Å². The fraction of sp³-hybridized carbons (Fsp3) is 0.238. The summed E-state index contributed by atoms with van der Waals surface area (Å²) >= 11 is 3.45. The first-order valence-electron chi connectivity index (χ1n) is 9.03. The van der Waals surface area contributed by atoms with E-state index in [1.165, 1.54) is 0 Å². The number of hydrogen-bond acceptors (Lipinski definition) is 4. The third-order valence-electron chi connectivity index (χ3n) is 4.94. The maximum absolute atomic E-state index is 13.1. The fourth-order valence-corrected chi connectivity index (χ4v) is 3.90. The minimum atomic E-state index is -0.266. The van der Waals surface area contributed by atoms with Crippen LogP contribution in [-0.2, 0) is 4.74 Å². The highest BCUT2D eigenvalue weighted by atomic mass is 79.9. The molecule has 144 valence electrons. The summed E-state index contributed by atoms with van der Waals surface area (Å²) in [5.74, 6) is 0.125. The second-order valence-corrected chi connectivity index (χ2v) is 7.62. The van der Waals surface area contributed by atoms with Gasteiger partial charge >= 0.3 is 0 Å². The number of fused-ring (bicyclic) bond motifs is 1. The quantitative estimate of drug-likeness (QED) is 0.563. The van der Waals surface area contributed by atoms with E-state index in [4.69, 9.17) is 4.74 Å². The van der Waals surface area contributed by atoms with Gasteiger partial charge in [0.2, 0.25) is 0 Å². The highest BCUT2D eigenvalue weighted by molar-refractivity contribution is 9.10. The van der Waals surface area contributed by atoms with E-state index in [0.29, 0.717) is 18.8 Å². The number of benzene rings is 2. The van der Waals surface area contributed by atoms with Gasteiger partial charge in [0, 0.05) is 35.9 Å². The number of methoxy groups -OCH3 is 1. The summed E-state index contributed by atoms with van der Waals surface area (Å²) < 4.78 is 6.14. The maximum Gasteiger partial charge on any atom is 0.273 e. The van der Waals surface area contributed by atoms with Crippen molar-refractivity contribution in [2.24, 2.45) is 0 Å². The minimum absolute atomic E-state index is 0.0694. The van der Waals surface area contributed by atoms with E-state index < -0.39 is 0 Å². The Bertz CT molecular complexity index is 983. The Hall–Kier alpha value is -2.64. The predicted octanol–water partition coefficient (Wildman–Crippen LogP) is 4.13. The van der Waals surface area contributed by atoms with Crippen LogP contribution in [0.15, 0.2) is 53.0 Å². The van der Waals surface area contributed by atoms with E-state index in [1.807, 2.05) is 41.3 Å². The van der Waals surface area contributed by atoms with Gasteiger partial charge in [0.05, 0.1) is 11.7 Å². The van der Waals surface area contributed by atoms with Crippen molar-refractivity contribution in [3.05, 3.63) is 69.8 Å². The van der Waals surface area contributed by atoms with Gasteiger partial charge in [-0.05, 0) is 36.2 Å². The number of nitrogens with zero attached hydrogens (tertiary/aromatic N) is 2. The Morgan fingerprint density at radius 2 is 1.89 bits per heavy atom. The number of aromatic nitrogens is 2. The molecule has 2 heterocycles. The molecule has 0 aliphatic carbocycles. The van der Waals surface area contributed by atoms with Gasteiger partial charge in [-0.25, -0.2) is 0 Å². The lowest BCUT2D eigenvalue weighted by atomic mass is 9.96. The van der Waals surface area contributed by atoms with Crippen LogP contribution >= 0.6 is 15.9 Å². The van der Waals surface area contributed by atoms with Crippen LogP contribution in [0.1, 0.15) is 34.1 Å². The SMILES string of the molecule is COCCCN1C(=O)c2[nH]nc(-c3ccc(Br)cc3)c2C1c1ccc(O)cc1. The number of phenols is 1. The number of aromatic hydroxyl groups is 1. The average molecular weight is 442 g/mol. The molecule has 6 nitrogen and oxygen atoms in total. The molecule has 0 radical (unpaired) electrons. The van der Waals surface area contributed by atoms with Crippen LogP contribution in [0.3, 0.4) is 0 Å². The number of carbonyl (C=O) groups is 1. The van der Waals surface area contributed by atoms with Gasteiger partial charge in [-0.1, -0.05) is 40.2 Å². The molecular formula is C21H20BrN3O3. The zero-order chi connectivity index (χ0) is 19.7. The van der Waals surface area contributed by atoms with Crippen LogP contribution in [0.25, 0.3) is 11.3 Å². The summed E-state index contributed by atoms with van der Waals surface area (Å²) in [6.07, 6.45) is 0.738. The summed E-state index contributed by atoms with van der Waals surface area (Å²) in [4.78, 5) is 14.9. The third-order valence-corrected chi connectivity index (χ3v) is 5.47. The molecular weight excluding hydrogens is 422 g/mol. The highest BCUT2D eigenvalue weighted by Crippen LogP contribution is 2.43. The first kappa shape index (κ1) is 18.7. The fourth-order valence-electron chi connectivity index (χ4n) is 3.64. The molecule has 4 rings (SSSR count). The second-order valence-electron chi connectivity index (χ2n) is 6.71. The summed E-state index contributed by atoms with van der Waals surface area (Å²) in [5.41, 5.74) is 4.03. The number of halogens is 1. The van der Waals surface area contributed by atoms with E-state index in [-0.39, 0.29) is 17.7 Å². The largest absolute Gasteiger partial charge is 0.508 e. The van der Waals surface area contributed by atoms with Crippen molar-refractivity contribution in [2.75, 3.05) is 20.3 Å². The van der Waals surface area contributed by atoms with E-state index in [9.17, 15) is 9.90 Å². The van der Waals surface area contributed by atoms with Crippen molar-refractivity contribution >= 4 is 21.8 Å². The van der Waals surface area contributed by atoms with E-state index in [1.54, 1.807) is 19.2 Å². The van der Waals surface area contributed by atoms with Gasteiger partial charge < -0.3 is 14.7 Å². The predicted molar refractivity (Wildman–Crippen MR) is 109 cm³/mol. The third kappa shape index (κ3) is 3.31. The molecule has 28 heavy (non-hydrogen) atoms. The lowest BCUT2D eigenvalue weighted by Gasteiger charge is -2.26. The Kier molecular flexibility index (Phi) is 5.19. The number of carbonyl (C=O) groups excluding carboxylic acids is 1. The topological polar surface area (TPSA) is 78.5 Å². The summed E-state index contributed by atoms with van der Waals surface area (Å²) in [7, 11) is 1.65. The zero-order valence-electron chi connectivity index (χ0n) is 15.4. The number of amides is 1. The average Bonchev–Trinajstić information content (AvgIpc) is 3.23. The summed E-state index contributed by atoms with van der Waals surface area (Å²) in [5, 5.41) is 17.1. The Balaban J connectivity index is 1.80. The monoisotopic (exact) mass is 441 g/mol. The van der Waals surface area contributed by atoms with Gasteiger partial charge in [-0.2, -0.15) is 5.10 Å². The number of aromatic amines is 1. The standard InChI is InChI=1S/C21H20BrN3O3/c1-28-12-2-11-25-20(14-5-9-16(26)10-6-14)17-18(23-24-19(17)21(25)27)13-3-7-15(22)8-4-13/h3-10,20,26H,2,11-12H2,1H3,(H,23,24). The Morgan fingerprint density at radius 1 is 1.18 bits per heavy atom. The number of hydrogen-bond donors (Lipinski definition) is 2. The van der Waals surface area contributed by atoms with Gasteiger partial charge in [0.15, 0.2) is 0 Å². The number of H-pyrrole nitrogens is 1. The van der Waals surface area contributed by atoms with Crippen molar-refractivity contribution in [1.29, 1.82) is 0 Å². The molecule has 1 aliphatic heterocycles. The zero-order valence-corrected chi connectivity index (χ0v) is 16.9. The Labute approximate surface area is 171 Å². The molecule has 7 heteroatoms. The first-order chi connectivity index (χ1) is 13.6. The second kappa shape index (κ2) is 7.77. The van der Waals surface area contributed by atoms with Crippen LogP contribution in [0.4, 0.5) is 0 Å². The molecule has 0 saturated heterocycles. The molecule has 2 N–H and O–H groups in total. The maximum atomic E-state index is 13.1. The van der Waals surface area contributed by atoms with Crippen molar-refractivity contribution in [2.45, 2.75) is 12.5 Å². The molecule has 1 amide bonds. The minimum Gasteiger partial charge on any atom is -0.508 e. The van der Waals surface area contributed by atoms with Crippen molar-refractivity contribution < 1.29 is 14.6 Å². The molecule has 3 aromatic rings. The number of ether oxygens (including phenoxy) is 1. The molecule has 0 bridgehead atoms. The molecule has 0 fully saturated rings. The molecule has 1 aliphatic rings. The molecule has 1 atom stereocenters. The molecule has 1 unspecified atom stereocenters. The lowest BCUT2D eigenvalue weighted by molar-refractivity contribution is 0.0723. The van der Waals surface area contributed by atoms with E-state index >= 15 is 0 Å². The van der Waals surface area contributed by atoms with Crippen LogP contribution in [-0.4, -0.2) is 46.4 Å². The number of rotatable bonds is 6. The summed E-state index contributed by atoms with van der Waals surface area (Å²) in [6, 6.07) is 14.6. The van der Waals surface area contributed by atoms with Gasteiger partial charge in [0.25, 0.3) is 5.91 Å². The van der Waals surface area contributed by atoms with Gasteiger partial charge in [-0.15, -0.1) is 0 Å². The first-order valence-corrected chi connectivity index (χ1v) is 9.82. The van der Waals surface area contributed by atoms with Crippen molar-refractivity contribution in [3.63, 3.8) is 0 Å². The van der Waals surface area contributed by atoms with Crippen LogP contribution < -0.4 is 0 Å². The van der Waals surface area contributed by atoms with Gasteiger partial charge in [0.1, 0.15) is 11.4 Å². The van der Waals surface area contributed by atoms with Crippen LogP contribution in [0.2, 0.25) is 0 Å². The normalized spacial score (nSPS) is 15.9. The molecule has 1 aromatic heterocycles. The summed E-state index contributed by atoms with van der Waals surface area (Å²) in [6.45, 7) is 1.15. The molecule has 0 saturated carbocycles. The molecule has 2 aromatic carbocycles. The van der Waals surface area contributed by atoms with Crippen LogP contribution in [0.5, 0.6) is 5.75 Å². The number of phenolic OH excluding ortho intramolecular Hbond substituents is 1. The van der Waals surface area contributed by atoms with Gasteiger partial charge in [-0.3, -0.25) is 9.89 Å². The Morgan fingerprint density at radius 3 is 2.57 bits per heavy atom. The highest BCUT2D eigenvalue weighted by Gasteiger charge is 2.41. The smallest absolute Gasteiger partial charge is 0.273 e. The van der Waals surface area contributed by atoms with E-state index in [0.717, 1.165) is 33.3 Å².